The number of nitrogens with two attached hydrogens (primary N) is 1. The summed E-state index contributed by atoms with van der Waals surface area (Å²) in [5, 5.41) is 0.855. The molecule has 2 nitrogen and oxygen atoms in total. The molecule has 1 heterocycles. The monoisotopic (exact) mass is 280 g/mol. The SMILES string of the molecule is CCC(N)Cc1ccc(N2CC(C)C(C)C2)cc1Cl. The summed E-state index contributed by atoms with van der Waals surface area (Å²) in [5.74, 6) is 1.51. The second-order valence-electron chi connectivity index (χ2n) is 6.01. The molecule has 2 N–H and O–H groups in total. The fraction of sp³-hybridized carbons (Fsp3) is 0.625. The van der Waals surface area contributed by atoms with E-state index < -0.39 is 0 Å². The smallest absolute Gasteiger partial charge is 0.0459 e. The lowest BCUT2D eigenvalue weighted by molar-refractivity contribution is 0.494. The van der Waals surface area contributed by atoms with Crippen molar-refractivity contribution in [3.05, 3.63) is 28.8 Å². The van der Waals surface area contributed by atoms with Crippen LogP contribution in [0.5, 0.6) is 0 Å². The minimum Gasteiger partial charge on any atom is -0.371 e. The van der Waals surface area contributed by atoms with Gasteiger partial charge in [-0.25, -0.2) is 0 Å². The van der Waals surface area contributed by atoms with Gasteiger partial charge in [0.2, 0.25) is 0 Å². The van der Waals surface area contributed by atoms with Crippen molar-refractivity contribution in [3.8, 4) is 0 Å². The fourth-order valence-corrected chi connectivity index (χ4v) is 2.92. The van der Waals surface area contributed by atoms with Crippen LogP contribution in [-0.2, 0) is 6.42 Å². The Morgan fingerprint density at radius 3 is 2.47 bits per heavy atom. The first-order valence-electron chi connectivity index (χ1n) is 7.30. The van der Waals surface area contributed by atoms with E-state index in [-0.39, 0.29) is 6.04 Å². The van der Waals surface area contributed by atoms with Crippen LogP contribution < -0.4 is 10.6 Å². The molecule has 106 valence electrons. The number of benzene rings is 1. The molecule has 2 rings (SSSR count). The van der Waals surface area contributed by atoms with Crippen LogP contribution in [0, 0.1) is 11.8 Å². The summed E-state index contributed by atoms with van der Waals surface area (Å²) in [6.45, 7) is 9.01. The molecule has 1 aliphatic heterocycles. The molecule has 0 bridgehead atoms. The molecule has 19 heavy (non-hydrogen) atoms. The molecule has 1 aromatic carbocycles. The Bertz CT molecular complexity index is 423. The van der Waals surface area contributed by atoms with E-state index in [4.69, 9.17) is 17.3 Å². The highest BCUT2D eigenvalue weighted by molar-refractivity contribution is 6.31. The zero-order chi connectivity index (χ0) is 14.0. The van der Waals surface area contributed by atoms with Crippen LogP contribution >= 0.6 is 11.6 Å². The van der Waals surface area contributed by atoms with Gasteiger partial charge >= 0.3 is 0 Å². The number of halogens is 1. The van der Waals surface area contributed by atoms with Crippen LogP contribution in [0.3, 0.4) is 0 Å². The first kappa shape index (κ1) is 14.7. The largest absolute Gasteiger partial charge is 0.371 e. The van der Waals surface area contributed by atoms with E-state index in [0.717, 1.165) is 42.8 Å². The first-order valence-corrected chi connectivity index (χ1v) is 7.68. The van der Waals surface area contributed by atoms with Crippen LogP contribution in [0.1, 0.15) is 32.8 Å². The lowest BCUT2D eigenvalue weighted by Gasteiger charge is -2.20. The van der Waals surface area contributed by atoms with Gasteiger partial charge in [-0.15, -0.1) is 0 Å². The second kappa shape index (κ2) is 6.15. The molecule has 0 aliphatic carbocycles. The summed E-state index contributed by atoms with van der Waals surface area (Å²) in [6, 6.07) is 6.63. The van der Waals surface area contributed by atoms with E-state index in [1.165, 1.54) is 11.3 Å². The van der Waals surface area contributed by atoms with E-state index in [9.17, 15) is 0 Å². The summed E-state index contributed by atoms with van der Waals surface area (Å²) in [4.78, 5) is 2.44. The van der Waals surface area contributed by atoms with Gasteiger partial charge in [-0.05, 0) is 42.4 Å². The normalized spacial score (nSPS) is 24.8. The van der Waals surface area contributed by atoms with E-state index in [1.807, 2.05) is 0 Å². The number of anilines is 1. The highest BCUT2D eigenvalue weighted by atomic mass is 35.5. The van der Waals surface area contributed by atoms with Crippen molar-refractivity contribution in [2.24, 2.45) is 17.6 Å². The number of rotatable bonds is 4. The maximum atomic E-state index is 6.40. The van der Waals surface area contributed by atoms with Crippen molar-refractivity contribution in [1.29, 1.82) is 0 Å². The molecular formula is C16H25ClN2. The summed E-state index contributed by atoms with van der Waals surface area (Å²) >= 11 is 6.40. The van der Waals surface area contributed by atoms with Gasteiger partial charge in [0.05, 0.1) is 0 Å². The third kappa shape index (κ3) is 3.43. The van der Waals surface area contributed by atoms with Gasteiger partial charge in [-0.3, -0.25) is 0 Å². The lowest BCUT2D eigenvalue weighted by atomic mass is 10.0. The lowest BCUT2D eigenvalue weighted by Crippen LogP contribution is -2.22. The minimum atomic E-state index is 0.204. The molecular weight excluding hydrogens is 256 g/mol. The van der Waals surface area contributed by atoms with Gasteiger partial charge in [0.25, 0.3) is 0 Å². The van der Waals surface area contributed by atoms with E-state index in [1.54, 1.807) is 0 Å². The molecule has 3 heteroatoms. The van der Waals surface area contributed by atoms with E-state index in [2.05, 4.69) is 43.9 Å². The number of hydrogen-bond donors (Lipinski definition) is 1. The van der Waals surface area contributed by atoms with Crippen LogP contribution in [0.2, 0.25) is 5.02 Å². The topological polar surface area (TPSA) is 29.3 Å². The predicted octanol–water partition coefficient (Wildman–Crippen LogP) is 3.71. The fourth-order valence-electron chi connectivity index (χ4n) is 2.67. The van der Waals surface area contributed by atoms with Gasteiger partial charge in [0.1, 0.15) is 0 Å². The predicted molar refractivity (Wildman–Crippen MR) is 84.0 cm³/mol. The van der Waals surface area contributed by atoms with Gasteiger partial charge < -0.3 is 10.6 Å². The van der Waals surface area contributed by atoms with Gasteiger partial charge in [-0.2, -0.15) is 0 Å². The Morgan fingerprint density at radius 2 is 1.95 bits per heavy atom. The van der Waals surface area contributed by atoms with Crippen molar-refractivity contribution in [2.75, 3.05) is 18.0 Å². The van der Waals surface area contributed by atoms with Gasteiger partial charge in [0, 0.05) is 29.8 Å². The molecule has 0 radical (unpaired) electrons. The van der Waals surface area contributed by atoms with Crippen molar-refractivity contribution >= 4 is 17.3 Å². The Balaban J connectivity index is 2.11. The molecule has 3 atom stereocenters. The zero-order valence-corrected chi connectivity index (χ0v) is 13.0. The Hall–Kier alpha value is -0.730. The average molecular weight is 281 g/mol. The standard InChI is InChI=1S/C16H25ClN2/c1-4-14(18)7-13-5-6-15(8-16(13)17)19-9-11(2)12(3)10-19/h5-6,8,11-12,14H,4,7,9-10,18H2,1-3H3. The quantitative estimate of drug-likeness (QED) is 0.911. The third-order valence-corrected chi connectivity index (χ3v) is 4.75. The van der Waals surface area contributed by atoms with Crippen molar-refractivity contribution in [2.45, 2.75) is 39.7 Å². The average Bonchev–Trinajstić information content (AvgIpc) is 2.72. The van der Waals surface area contributed by atoms with Gasteiger partial charge in [-0.1, -0.05) is 38.4 Å². The van der Waals surface area contributed by atoms with Crippen LogP contribution in [-0.4, -0.2) is 19.1 Å². The number of hydrogen-bond acceptors (Lipinski definition) is 2. The highest BCUT2D eigenvalue weighted by Gasteiger charge is 2.26. The summed E-state index contributed by atoms with van der Waals surface area (Å²) in [7, 11) is 0. The maximum absolute atomic E-state index is 6.40. The first-order chi connectivity index (χ1) is 9.01. The summed E-state index contributed by atoms with van der Waals surface area (Å²) in [5.41, 5.74) is 8.41. The van der Waals surface area contributed by atoms with Crippen molar-refractivity contribution in [1.82, 2.24) is 0 Å². The molecule has 1 saturated heterocycles. The van der Waals surface area contributed by atoms with Crippen LogP contribution in [0.15, 0.2) is 18.2 Å². The van der Waals surface area contributed by atoms with Crippen LogP contribution in [0.25, 0.3) is 0 Å². The molecule has 3 unspecified atom stereocenters. The molecule has 1 aromatic rings. The summed E-state index contributed by atoms with van der Waals surface area (Å²) < 4.78 is 0. The molecule has 0 aromatic heterocycles. The van der Waals surface area contributed by atoms with E-state index >= 15 is 0 Å². The van der Waals surface area contributed by atoms with Crippen molar-refractivity contribution in [3.63, 3.8) is 0 Å². The molecule has 0 saturated carbocycles. The highest BCUT2D eigenvalue weighted by Crippen LogP contribution is 2.30. The minimum absolute atomic E-state index is 0.204. The third-order valence-electron chi connectivity index (χ3n) is 4.40. The van der Waals surface area contributed by atoms with Crippen molar-refractivity contribution < 1.29 is 0 Å². The van der Waals surface area contributed by atoms with Crippen LogP contribution in [0.4, 0.5) is 5.69 Å². The summed E-state index contributed by atoms with van der Waals surface area (Å²) in [6.07, 6.45) is 1.85. The molecule has 0 spiro atoms. The Morgan fingerprint density at radius 1 is 1.32 bits per heavy atom. The zero-order valence-electron chi connectivity index (χ0n) is 12.2. The maximum Gasteiger partial charge on any atom is 0.0459 e. The molecule has 1 aliphatic rings. The molecule has 1 fully saturated rings. The van der Waals surface area contributed by atoms with Gasteiger partial charge in [0.15, 0.2) is 0 Å². The Labute approximate surface area is 121 Å². The Kier molecular flexibility index (Phi) is 4.75. The number of nitrogens with zero attached hydrogens (tertiary/aromatic N) is 1. The van der Waals surface area contributed by atoms with E-state index in [0.29, 0.717) is 0 Å². The second-order valence-corrected chi connectivity index (χ2v) is 6.41. The molecule has 0 amide bonds.